The topological polar surface area (TPSA) is 12.0 Å². The quantitative estimate of drug-likeness (QED) is 0.794. The van der Waals surface area contributed by atoms with Crippen molar-refractivity contribution in [2.24, 2.45) is 0 Å². The fourth-order valence-corrected chi connectivity index (χ4v) is 1.99. The molecule has 1 aliphatic heterocycles. The van der Waals surface area contributed by atoms with Crippen LogP contribution >= 0.6 is 15.9 Å². The first-order valence-corrected chi connectivity index (χ1v) is 5.62. The SMILES string of the molecule is C=C/C=C\C=C1/CNc2cc(Br)ccc21. The summed E-state index contributed by atoms with van der Waals surface area (Å²) in [7, 11) is 0. The van der Waals surface area contributed by atoms with Crippen molar-refractivity contribution in [3.63, 3.8) is 0 Å². The summed E-state index contributed by atoms with van der Waals surface area (Å²) in [5.41, 5.74) is 3.80. The molecule has 2 rings (SSSR count). The zero-order chi connectivity index (χ0) is 10.7. The molecule has 0 aliphatic carbocycles. The van der Waals surface area contributed by atoms with Crippen molar-refractivity contribution >= 4 is 27.2 Å². The number of benzene rings is 1. The van der Waals surface area contributed by atoms with Crippen LogP contribution in [-0.4, -0.2) is 6.54 Å². The van der Waals surface area contributed by atoms with Crippen molar-refractivity contribution in [1.82, 2.24) is 0 Å². The average molecular weight is 262 g/mol. The molecule has 15 heavy (non-hydrogen) atoms. The van der Waals surface area contributed by atoms with E-state index in [1.54, 1.807) is 6.08 Å². The smallest absolute Gasteiger partial charge is 0.0431 e. The van der Waals surface area contributed by atoms with Gasteiger partial charge in [-0.05, 0) is 17.7 Å². The zero-order valence-electron chi connectivity index (χ0n) is 8.33. The predicted molar refractivity (Wildman–Crippen MR) is 69.9 cm³/mol. The molecule has 1 nitrogen and oxygen atoms in total. The van der Waals surface area contributed by atoms with Crippen molar-refractivity contribution in [1.29, 1.82) is 0 Å². The van der Waals surface area contributed by atoms with E-state index in [-0.39, 0.29) is 0 Å². The molecule has 0 aromatic heterocycles. The van der Waals surface area contributed by atoms with Crippen molar-refractivity contribution < 1.29 is 0 Å². The summed E-state index contributed by atoms with van der Waals surface area (Å²) < 4.78 is 1.11. The van der Waals surface area contributed by atoms with Crippen LogP contribution < -0.4 is 5.32 Å². The molecule has 1 N–H and O–H groups in total. The molecule has 1 aromatic rings. The molecule has 76 valence electrons. The van der Waals surface area contributed by atoms with Crippen LogP contribution in [0.5, 0.6) is 0 Å². The molecule has 0 saturated heterocycles. The zero-order valence-corrected chi connectivity index (χ0v) is 9.92. The summed E-state index contributed by atoms with van der Waals surface area (Å²) in [6.45, 7) is 4.54. The first-order valence-electron chi connectivity index (χ1n) is 4.83. The van der Waals surface area contributed by atoms with E-state index in [0.717, 1.165) is 11.0 Å². The van der Waals surface area contributed by atoms with Crippen LogP contribution in [0, 0.1) is 0 Å². The molecule has 1 aliphatic rings. The molecular formula is C13H12BrN. The minimum absolute atomic E-state index is 0.896. The highest BCUT2D eigenvalue weighted by Crippen LogP contribution is 2.32. The minimum atomic E-state index is 0.896. The minimum Gasteiger partial charge on any atom is -0.380 e. The normalized spacial score (nSPS) is 16.7. The third-order valence-electron chi connectivity index (χ3n) is 2.34. The number of anilines is 1. The predicted octanol–water partition coefficient (Wildman–Crippen LogP) is 4.00. The number of rotatable bonds is 2. The van der Waals surface area contributed by atoms with Crippen LogP contribution in [0.3, 0.4) is 0 Å². The maximum Gasteiger partial charge on any atom is 0.0431 e. The van der Waals surface area contributed by atoms with E-state index in [4.69, 9.17) is 0 Å². The Bertz CT molecular complexity index is 444. The molecule has 0 atom stereocenters. The van der Waals surface area contributed by atoms with Crippen molar-refractivity contribution in [3.05, 3.63) is 59.1 Å². The summed E-state index contributed by atoms with van der Waals surface area (Å²) >= 11 is 3.46. The second kappa shape index (κ2) is 4.49. The van der Waals surface area contributed by atoms with Crippen molar-refractivity contribution in [2.45, 2.75) is 0 Å². The maximum atomic E-state index is 3.64. The Kier molecular flexibility index (Phi) is 3.07. The molecule has 1 aromatic carbocycles. The Hall–Kier alpha value is -1.28. The summed E-state index contributed by atoms with van der Waals surface area (Å²) in [4.78, 5) is 0. The van der Waals surface area contributed by atoms with E-state index in [0.29, 0.717) is 0 Å². The molecule has 0 bridgehead atoms. The largest absolute Gasteiger partial charge is 0.380 e. The molecule has 2 heteroatoms. The van der Waals surface area contributed by atoms with E-state index in [2.05, 4.69) is 52.1 Å². The monoisotopic (exact) mass is 261 g/mol. The van der Waals surface area contributed by atoms with Gasteiger partial charge in [-0.3, -0.25) is 0 Å². The van der Waals surface area contributed by atoms with Gasteiger partial charge in [-0.1, -0.05) is 52.9 Å². The van der Waals surface area contributed by atoms with Gasteiger partial charge in [0.05, 0.1) is 0 Å². The van der Waals surface area contributed by atoms with E-state index >= 15 is 0 Å². The van der Waals surface area contributed by atoms with Crippen LogP contribution in [0.2, 0.25) is 0 Å². The van der Waals surface area contributed by atoms with Crippen LogP contribution in [0.4, 0.5) is 5.69 Å². The Morgan fingerprint density at radius 1 is 1.33 bits per heavy atom. The number of hydrogen-bond donors (Lipinski definition) is 1. The number of nitrogens with one attached hydrogen (secondary N) is 1. The Labute approximate surface area is 98.3 Å². The standard InChI is InChI=1S/C13H12BrN/c1-2-3-4-5-10-9-15-13-8-11(14)6-7-12(10)13/h2-8,15H,1,9H2/b4-3-,10-5+. The van der Waals surface area contributed by atoms with Gasteiger partial charge in [-0.2, -0.15) is 0 Å². The van der Waals surface area contributed by atoms with Crippen LogP contribution in [0.25, 0.3) is 5.57 Å². The van der Waals surface area contributed by atoms with Gasteiger partial charge in [0.1, 0.15) is 0 Å². The van der Waals surface area contributed by atoms with Gasteiger partial charge in [0.15, 0.2) is 0 Å². The molecule has 0 amide bonds. The van der Waals surface area contributed by atoms with Gasteiger partial charge in [0, 0.05) is 22.3 Å². The lowest BCUT2D eigenvalue weighted by Crippen LogP contribution is -1.90. The van der Waals surface area contributed by atoms with Gasteiger partial charge >= 0.3 is 0 Å². The lowest BCUT2D eigenvalue weighted by atomic mass is 10.1. The van der Waals surface area contributed by atoms with Gasteiger partial charge in [-0.15, -0.1) is 0 Å². The van der Waals surface area contributed by atoms with Gasteiger partial charge < -0.3 is 5.32 Å². The molecule has 1 heterocycles. The first kappa shape index (κ1) is 10.2. The van der Waals surface area contributed by atoms with E-state index in [1.807, 2.05) is 12.2 Å². The summed E-state index contributed by atoms with van der Waals surface area (Å²) in [5.74, 6) is 0. The highest BCUT2D eigenvalue weighted by atomic mass is 79.9. The number of hydrogen-bond acceptors (Lipinski definition) is 1. The highest BCUT2D eigenvalue weighted by Gasteiger charge is 2.14. The third kappa shape index (κ3) is 2.21. The second-order valence-electron chi connectivity index (χ2n) is 3.36. The molecule has 0 spiro atoms. The summed E-state index contributed by atoms with van der Waals surface area (Å²) in [5, 5.41) is 3.36. The molecule has 0 saturated carbocycles. The second-order valence-corrected chi connectivity index (χ2v) is 4.27. The van der Waals surface area contributed by atoms with Crippen LogP contribution in [0.1, 0.15) is 5.56 Å². The number of halogens is 1. The van der Waals surface area contributed by atoms with E-state index < -0.39 is 0 Å². The molecule has 0 fully saturated rings. The third-order valence-corrected chi connectivity index (χ3v) is 2.83. The Morgan fingerprint density at radius 2 is 2.20 bits per heavy atom. The number of allylic oxidation sites excluding steroid dienone is 4. The first-order chi connectivity index (χ1) is 7.31. The fraction of sp³-hybridized carbons (Fsp3) is 0.0769. The van der Waals surface area contributed by atoms with Gasteiger partial charge in [0.2, 0.25) is 0 Å². The average Bonchev–Trinajstić information content (AvgIpc) is 2.61. The van der Waals surface area contributed by atoms with Gasteiger partial charge in [-0.25, -0.2) is 0 Å². The summed E-state index contributed by atoms with van der Waals surface area (Å²) in [6, 6.07) is 6.30. The molecular weight excluding hydrogens is 250 g/mol. The maximum absolute atomic E-state index is 3.64. The van der Waals surface area contributed by atoms with E-state index in [9.17, 15) is 0 Å². The van der Waals surface area contributed by atoms with Crippen molar-refractivity contribution in [2.75, 3.05) is 11.9 Å². The van der Waals surface area contributed by atoms with Crippen LogP contribution in [-0.2, 0) is 0 Å². The lowest BCUT2D eigenvalue weighted by molar-refractivity contribution is 1.44. The highest BCUT2D eigenvalue weighted by molar-refractivity contribution is 9.10. The van der Waals surface area contributed by atoms with Gasteiger partial charge in [0.25, 0.3) is 0 Å². The van der Waals surface area contributed by atoms with Crippen LogP contribution in [0.15, 0.2) is 53.6 Å². The summed E-state index contributed by atoms with van der Waals surface area (Å²) in [6.07, 6.45) is 7.85. The molecule has 0 radical (unpaired) electrons. The lowest BCUT2D eigenvalue weighted by Gasteiger charge is -1.98. The van der Waals surface area contributed by atoms with Crippen molar-refractivity contribution in [3.8, 4) is 0 Å². The Morgan fingerprint density at radius 3 is 3.00 bits per heavy atom. The molecule has 0 unspecified atom stereocenters. The number of fused-ring (bicyclic) bond motifs is 1. The van der Waals surface area contributed by atoms with E-state index in [1.165, 1.54) is 16.8 Å². The Balaban J connectivity index is 2.32. The fourth-order valence-electron chi connectivity index (χ4n) is 1.63.